The molecule has 7 heteroatoms. The Balaban J connectivity index is 1.34. The summed E-state index contributed by atoms with van der Waals surface area (Å²) in [5.74, 6) is 3.38. The fraction of sp³-hybridized carbons (Fsp3) is 0.750. The standard InChI is InChI=1S/C20H29N3O3S/c1-12(2)10-26-18-6-16(24)21-19(22-18)27-11-17(25)23-20-7-13-3-14(8-20)5-15(4-13)9-20/h6,12-15H,3-5,7-11H2,1-2H3,(H,23,25)(H,21,22,24). The second-order valence-electron chi connectivity index (χ2n) is 9.13. The number of nitrogens with one attached hydrogen (secondary N) is 2. The van der Waals surface area contributed by atoms with Crippen LogP contribution in [0.1, 0.15) is 52.4 Å². The summed E-state index contributed by atoms with van der Waals surface area (Å²) < 4.78 is 5.54. The number of amides is 1. The number of carbonyl (C=O) groups is 1. The van der Waals surface area contributed by atoms with Crippen molar-refractivity contribution in [2.75, 3.05) is 12.4 Å². The van der Waals surface area contributed by atoms with Crippen molar-refractivity contribution in [3.63, 3.8) is 0 Å². The summed E-state index contributed by atoms with van der Waals surface area (Å²) in [6.07, 6.45) is 7.50. The largest absolute Gasteiger partial charge is 0.477 e. The van der Waals surface area contributed by atoms with Gasteiger partial charge in [-0.2, -0.15) is 4.98 Å². The lowest BCUT2D eigenvalue weighted by Crippen LogP contribution is -2.60. The first-order valence-corrected chi connectivity index (χ1v) is 11.1. The Morgan fingerprint density at radius 3 is 2.52 bits per heavy atom. The number of hydrogen-bond acceptors (Lipinski definition) is 5. The SMILES string of the molecule is CC(C)COc1cc(=O)[nH]c(SCC(=O)NC23CC4CC(CC(C4)C2)C3)n1. The molecule has 2 N–H and O–H groups in total. The summed E-state index contributed by atoms with van der Waals surface area (Å²) in [6, 6.07) is 1.35. The molecule has 1 aromatic heterocycles. The van der Waals surface area contributed by atoms with Crippen molar-refractivity contribution in [3.05, 3.63) is 16.4 Å². The first-order chi connectivity index (χ1) is 12.9. The van der Waals surface area contributed by atoms with Gasteiger partial charge in [0.15, 0.2) is 5.16 Å². The number of ether oxygens (including phenoxy) is 1. The van der Waals surface area contributed by atoms with Crippen LogP contribution < -0.4 is 15.6 Å². The molecule has 1 amide bonds. The second-order valence-corrected chi connectivity index (χ2v) is 10.1. The highest BCUT2D eigenvalue weighted by atomic mass is 32.2. The molecule has 148 valence electrons. The number of nitrogens with zero attached hydrogens (tertiary/aromatic N) is 1. The van der Waals surface area contributed by atoms with E-state index in [0.717, 1.165) is 37.0 Å². The van der Waals surface area contributed by atoms with E-state index in [1.165, 1.54) is 37.1 Å². The second kappa shape index (κ2) is 7.49. The lowest BCUT2D eigenvalue weighted by atomic mass is 9.53. The molecule has 1 aromatic rings. The lowest BCUT2D eigenvalue weighted by Gasteiger charge is -2.56. The molecule has 0 radical (unpaired) electrons. The minimum atomic E-state index is -0.257. The van der Waals surface area contributed by atoms with Gasteiger partial charge in [0, 0.05) is 5.54 Å². The molecule has 0 atom stereocenters. The molecule has 1 heterocycles. The van der Waals surface area contributed by atoms with E-state index in [9.17, 15) is 9.59 Å². The third-order valence-electron chi connectivity index (χ3n) is 6.04. The van der Waals surface area contributed by atoms with E-state index in [1.807, 2.05) is 13.8 Å². The van der Waals surface area contributed by atoms with Crippen molar-refractivity contribution in [1.82, 2.24) is 15.3 Å². The van der Waals surface area contributed by atoms with Crippen molar-refractivity contribution < 1.29 is 9.53 Å². The van der Waals surface area contributed by atoms with Crippen LogP contribution in [-0.4, -0.2) is 33.8 Å². The number of aromatic amines is 1. The highest BCUT2D eigenvalue weighted by molar-refractivity contribution is 7.99. The Hall–Kier alpha value is -1.50. The van der Waals surface area contributed by atoms with E-state index < -0.39 is 0 Å². The summed E-state index contributed by atoms with van der Waals surface area (Å²) in [6.45, 7) is 4.59. The van der Waals surface area contributed by atoms with E-state index in [0.29, 0.717) is 23.6 Å². The van der Waals surface area contributed by atoms with Crippen molar-refractivity contribution in [1.29, 1.82) is 0 Å². The Morgan fingerprint density at radius 2 is 1.93 bits per heavy atom. The summed E-state index contributed by atoms with van der Waals surface area (Å²) in [7, 11) is 0. The van der Waals surface area contributed by atoms with Gasteiger partial charge in [0.25, 0.3) is 5.56 Å². The van der Waals surface area contributed by atoms with Crippen LogP contribution in [-0.2, 0) is 4.79 Å². The van der Waals surface area contributed by atoms with Gasteiger partial charge in [-0.05, 0) is 62.2 Å². The molecule has 4 saturated carbocycles. The van der Waals surface area contributed by atoms with Crippen LogP contribution in [0.2, 0.25) is 0 Å². The van der Waals surface area contributed by atoms with Gasteiger partial charge in [0.05, 0.1) is 18.4 Å². The molecule has 0 aromatic carbocycles. The van der Waals surface area contributed by atoms with Crippen LogP contribution in [0.4, 0.5) is 0 Å². The van der Waals surface area contributed by atoms with Crippen molar-refractivity contribution in [2.24, 2.45) is 23.7 Å². The van der Waals surface area contributed by atoms with Crippen LogP contribution in [0.5, 0.6) is 5.88 Å². The minimum Gasteiger partial charge on any atom is -0.477 e. The first kappa shape index (κ1) is 18.8. The van der Waals surface area contributed by atoms with E-state index in [1.54, 1.807) is 0 Å². The maximum atomic E-state index is 12.6. The topological polar surface area (TPSA) is 84.1 Å². The Morgan fingerprint density at radius 1 is 1.30 bits per heavy atom. The zero-order valence-corrected chi connectivity index (χ0v) is 16.9. The average Bonchev–Trinajstić information content (AvgIpc) is 2.56. The van der Waals surface area contributed by atoms with Gasteiger partial charge in [-0.15, -0.1) is 0 Å². The molecule has 5 rings (SSSR count). The monoisotopic (exact) mass is 391 g/mol. The first-order valence-electron chi connectivity index (χ1n) is 10.1. The predicted molar refractivity (Wildman–Crippen MR) is 105 cm³/mol. The van der Waals surface area contributed by atoms with E-state index in [4.69, 9.17) is 4.74 Å². The molecule has 6 nitrogen and oxygen atoms in total. The highest BCUT2D eigenvalue weighted by Gasteiger charge is 2.51. The van der Waals surface area contributed by atoms with Gasteiger partial charge in [-0.3, -0.25) is 9.59 Å². The predicted octanol–water partition coefficient (Wildman–Crippen LogP) is 2.98. The molecule has 4 fully saturated rings. The molecule has 0 unspecified atom stereocenters. The Bertz CT molecular complexity index is 726. The van der Waals surface area contributed by atoms with Crippen molar-refractivity contribution >= 4 is 17.7 Å². The fourth-order valence-corrected chi connectivity index (χ4v) is 6.21. The minimum absolute atomic E-state index is 0.0233. The van der Waals surface area contributed by atoms with Crippen molar-refractivity contribution in [3.8, 4) is 5.88 Å². The van der Waals surface area contributed by atoms with Gasteiger partial charge < -0.3 is 15.0 Å². The third-order valence-corrected chi connectivity index (χ3v) is 6.92. The molecule has 0 aliphatic heterocycles. The molecular formula is C20H29N3O3S. The van der Waals surface area contributed by atoms with E-state index in [-0.39, 0.29) is 22.8 Å². The fourth-order valence-electron chi connectivity index (χ4n) is 5.54. The van der Waals surface area contributed by atoms with Crippen LogP contribution in [0.25, 0.3) is 0 Å². The normalized spacial score (nSPS) is 31.3. The van der Waals surface area contributed by atoms with Crippen LogP contribution in [0.15, 0.2) is 16.0 Å². The maximum Gasteiger partial charge on any atom is 0.255 e. The summed E-state index contributed by atoms with van der Waals surface area (Å²) >= 11 is 1.26. The van der Waals surface area contributed by atoms with Crippen LogP contribution >= 0.6 is 11.8 Å². The summed E-state index contributed by atoms with van der Waals surface area (Å²) in [5.41, 5.74) is -0.233. The van der Waals surface area contributed by atoms with Gasteiger partial charge in [0.1, 0.15) is 0 Å². The number of aromatic nitrogens is 2. The smallest absolute Gasteiger partial charge is 0.255 e. The van der Waals surface area contributed by atoms with Crippen molar-refractivity contribution in [2.45, 2.75) is 63.1 Å². The molecule has 0 saturated heterocycles. The Kier molecular flexibility index (Phi) is 5.23. The maximum absolute atomic E-state index is 12.6. The molecule has 0 spiro atoms. The number of thioether (sulfide) groups is 1. The molecule has 4 aliphatic rings. The summed E-state index contributed by atoms with van der Waals surface area (Å²) in [4.78, 5) is 31.4. The number of carbonyl (C=O) groups excluding carboxylic acids is 1. The molecule has 4 bridgehead atoms. The number of rotatable bonds is 7. The van der Waals surface area contributed by atoms with Gasteiger partial charge >= 0.3 is 0 Å². The van der Waals surface area contributed by atoms with E-state index >= 15 is 0 Å². The third kappa shape index (κ3) is 4.50. The molecular weight excluding hydrogens is 362 g/mol. The number of H-pyrrole nitrogens is 1. The molecule has 4 aliphatic carbocycles. The van der Waals surface area contributed by atoms with E-state index in [2.05, 4.69) is 15.3 Å². The molecule has 27 heavy (non-hydrogen) atoms. The van der Waals surface area contributed by atoms with Crippen LogP contribution in [0, 0.1) is 23.7 Å². The van der Waals surface area contributed by atoms with Gasteiger partial charge in [-0.1, -0.05) is 25.6 Å². The lowest BCUT2D eigenvalue weighted by molar-refractivity contribution is -0.124. The highest BCUT2D eigenvalue weighted by Crippen LogP contribution is 2.55. The van der Waals surface area contributed by atoms with Gasteiger partial charge in [-0.25, -0.2) is 0 Å². The zero-order chi connectivity index (χ0) is 19.0. The number of hydrogen-bond donors (Lipinski definition) is 2. The summed E-state index contributed by atoms with van der Waals surface area (Å²) in [5, 5.41) is 3.79. The quantitative estimate of drug-likeness (QED) is 0.551. The zero-order valence-electron chi connectivity index (χ0n) is 16.1. The Labute approximate surface area is 164 Å². The van der Waals surface area contributed by atoms with Crippen LogP contribution in [0.3, 0.4) is 0 Å². The van der Waals surface area contributed by atoms with Gasteiger partial charge in [0.2, 0.25) is 11.8 Å². The average molecular weight is 392 g/mol.